The molecule has 0 saturated heterocycles. The SMILES string of the molecule is C#CCNc1nc(NC2CCC2)nc(N(C)OC)n1. The number of terminal acetylenes is 1. The average Bonchev–Trinajstić information content (AvgIpc) is 2.39. The summed E-state index contributed by atoms with van der Waals surface area (Å²) in [7, 11) is 3.28. The van der Waals surface area contributed by atoms with E-state index in [0.717, 1.165) is 12.8 Å². The van der Waals surface area contributed by atoms with Gasteiger partial charge in [0.2, 0.25) is 11.9 Å². The number of nitrogens with zero attached hydrogens (tertiary/aromatic N) is 4. The molecular formula is C12H18N6O. The molecule has 7 nitrogen and oxygen atoms in total. The lowest BCUT2D eigenvalue weighted by molar-refractivity contribution is 0.180. The molecule has 19 heavy (non-hydrogen) atoms. The number of nitrogens with one attached hydrogen (secondary N) is 2. The maximum atomic E-state index is 5.22. The van der Waals surface area contributed by atoms with Gasteiger partial charge in [0.25, 0.3) is 5.95 Å². The summed E-state index contributed by atoms with van der Waals surface area (Å²) < 4.78 is 0. The highest BCUT2D eigenvalue weighted by atomic mass is 16.7. The molecule has 0 bridgehead atoms. The first kappa shape index (κ1) is 13.4. The zero-order chi connectivity index (χ0) is 13.7. The summed E-state index contributed by atoms with van der Waals surface area (Å²) in [4.78, 5) is 17.9. The van der Waals surface area contributed by atoms with E-state index < -0.39 is 0 Å². The Kier molecular flexibility index (Phi) is 4.36. The van der Waals surface area contributed by atoms with Crippen molar-refractivity contribution in [3.05, 3.63) is 0 Å². The second kappa shape index (κ2) is 6.20. The van der Waals surface area contributed by atoms with E-state index in [0.29, 0.717) is 30.4 Å². The molecule has 2 rings (SSSR count). The number of hydrogen-bond donors (Lipinski definition) is 2. The smallest absolute Gasteiger partial charge is 0.256 e. The van der Waals surface area contributed by atoms with Crippen LogP contribution in [0.5, 0.6) is 0 Å². The predicted octanol–water partition coefficient (Wildman–Crippen LogP) is 0.879. The van der Waals surface area contributed by atoms with Crippen LogP contribution >= 0.6 is 0 Å². The molecular weight excluding hydrogens is 244 g/mol. The van der Waals surface area contributed by atoms with E-state index in [2.05, 4.69) is 31.5 Å². The van der Waals surface area contributed by atoms with Crippen molar-refractivity contribution in [3.63, 3.8) is 0 Å². The van der Waals surface area contributed by atoms with Gasteiger partial charge in [0.05, 0.1) is 13.7 Å². The van der Waals surface area contributed by atoms with Gasteiger partial charge in [-0.2, -0.15) is 15.0 Å². The van der Waals surface area contributed by atoms with Crippen molar-refractivity contribution in [2.75, 3.05) is 36.4 Å². The summed E-state index contributed by atoms with van der Waals surface area (Å²) in [5.74, 6) is 3.89. The van der Waals surface area contributed by atoms with E-state index in [1.807, 2.05) is 0 Å². The summed E-state index contributed by atoms with van der Waals surface area (Å²) in [6.07, 6.45) is 8.76. The quantitative estimate of drug-likeness (QED) is 0.582. The minimum Gasteiger partial charge on any atom is -0.351 e. The molecule has 1 aromatic heterocycles. The Morgan fingerprint density at radius 3 is 2.68 bits per heavy atom. The molecule has 7 heteroatoms. The fourth-order valence-electron chi connectivity index (χ4n) is 1.60. The molecule has 1 saturated carbocycles. The highest BCUT2D eigenvalue weighted by Crippen LogP contribution is 2.22. The van der Waals surface area contributed by atoms with Crippen LogP contribution in [0.1, 0.15) is 19.3 Å². The molecule has 0 aromatic carbocycles. The molecule has 1 aliphatic carbocycles. The number of anilines is 3. The normalized spacial score (nSPS) is 14.4. The van der Waals surface area contributed by atoms with E-state index in [1.54, 1.807) is 14.2 Å². The minimum absolute atomic E-state index is 0.364. The Morgan fingerprint density at radius 2 is 2.11 bits per heavy atom. The Balaban J connectivity index is 2.17. The van der Waals surface area contributed by atoms with Gasteiger partial charge in [-0.15, -0.1) is 6.42 Å². The molecule has 0 amide bonds. The van der Waals surface area contributed by atoms with Crippen LogP contribution in [0.3, 0.4) is 0 Å². The van der Waals surface area contributed by atoms with Gasteiger partial charge in [-0.1, -0.05) is 5.92 Å². The molecule has 1 heterocycles. The second-order valence-corrected chi connectivity index (χ2v) is 4.29. The lowest BCUT2D eigenvalue weighted by Crippen LogP contribution is -2.29. The third-order valence-electron chi connectivity index (χ3n) is 2.97. The van der Waals surface area contributed by atoms with Crippen molar-refractivity contribution >= 4 is 17.8 Å². The molecule has 0 aliphatic heterocycles. The Hall–Kier alpha value is -2.07. The van der Waals surface area contributed by atoms with Crippen LogP contribution in [-0.4, -0.2) is 41.7 Å². The van der Waals surface area contributed by atoms with E-state index in [-0.39, 0.29) is 0 Å². The molecule has 102 valence electrons. The molecule has 2 N–H and O–H groups in total. The van der Waals surface area contributed by atoms with Crippen LogP contribution in [0, 0.1) is 12.3 Å². The second-order valence-electron chi connectivity index (χ2n) is 4.29. The molecule has 1 aromatic rings. The standard InChI is InChI=1S/C12H18N6O/c1-4-8-13-10-15-11(14-9-6-5-7-9)17-12(16-10)18(2)19-3/h1,9H,5-8H2,2-3H3,(H2,13,14,15,16,17). The average molecular weight is 262 g/mol. The number of rotatable bonds is 6. The summed E-state index contributed by atoms with van der Waals surface area (Å²) in [6, 6.07) is 0.448. The van der Waals surface area contributed by atoms with E-state index in [1.165, 1.54) is 11.5 Å². The zero-order valence-electron chi connectivity index (χ0n) is 11.2. The topological polar surface area (TPSA) is 75.2 Å². The lowest BCUT2D eigenvalue weighted by Gasteiger charge is -2.26. The lowest BCUT2D eigenvalue weighted by atomic mass is 9.93. The molecule has 1 aliphatic rings. The summed E-state index contributed by atoms with van der Waals surface area (Å²) in [5, 5.41) is 7.69. The van der Waals surface area contributed by atoms with E-state index >= 15 is 0 Å². The fourth-order valence-corrected chi connectivity index (χ4v) is 1.60. The first-order chi connectivity index (χ1) is 9.22. The van der Waals surface area contributed by atoms with E-state index in [4.69, 9.17) is 11.3 Å². The maximum absolute atomic E-state index is 5.22. The van der Waals surface area contributed by atoms with Gasteiger partial charge in [-0.3, -0.25) is 4.84 Å². The van der Waals surface area contributed by atoms with Crippen LogP contribution in [0.4, 0.5) is 17.8 Å². The summed E-state index contributed by atoms with van der Waals surface area (Å²) in [6.45, 7) is 0.364. The van der Waals surface area contributed by atoms with Gasteiger partial charge >= 0.3 is 0 Å². The predicted molar refractivity (Wildman–Crippen MR) is 73.8 cm³/mol. The molecule has 0 unspecified atom stereocenters. The van der Waals surface area contributed by atoms with Gasteiger partial charge in [-0.05, 0) is 19.3 Å². The Morgan fingerprint density at radius 1 is 1.37 bits per heavy atom. The third kappa shape index (κ3) is 3.45. The van der Waals surface area contributed by atoms with E-state index in [9.17, 15) is 0 Å². The van der Waals surface area contributed by atoms with Gasteiger partial charge < -0.3 is 10.6 Å². The van der Waals surface area contributed by atoms with Crippen LogP contribution in [0.25, 0.3) is 0 Å². The minimum atomic E-state index is 0.364. The molecule has 0 spiro atoms. The molecule has 0 radical (unpaired) electrons. The number of aromatic nitrogens is 3. The van der Waals surface area contributed by atoms with Gasteiger partial charge in [0.1, 0.15) is 0 Å². The van der Waals surface area contributed by atoms with Crippen molar-refractivity contribution in [3.8, 4) is 12.3 Å². The van der Waals surface area contributed by atoms with Crippen molar-refractivity contribution < 1.29 is 4.84 Å². The highest BCUT2D eigenvalue weighted by Gasteiger charge is 2.19. The first-order valence-electron chi connectivity index (χ1n) is 6.20. The van der Waals surface area contributed by atoms with Crippen molar-refractivity contribution in [1.29, 1.82) is 0 Å². The zero-order valence-corrected chi connectivity index (χ0v) is 11.2. The number of hydroxylamine groups is 1. The van der Waals surface area contributed by atoms with Crippen LogP contribution in [0.15, 0.2) is 0 Å². The Bertz CT molecular complexity index is 468. The third-order valence-corrected chi connectivity index (χ3v) is 2.97. The van der Waals surface area contributed by atoms with Crippen molar-refractivity contribution in [1.82, 2.24) is 15.0 Å². The summed E-state index contributed by atoms with van der Waals surface area (Å²) >= 11 is 0. The maximum Gasteiger partial charge on any atom is 0.256 e. The number of hydrogen-bond acceptors (Lipinski definition) is 7. The molecule has 0 atom stereocenters. The van der Waals surface area contributed by atoms with Crippen LogP contribution in [0.2, 0.25) is 0 Å². The van der Waals surface area contributed by atoms with Gasteiger partial charge in [0.15, 0.2) is 0 Å². The first-order valence-corrected chi connectivity index (χ1v) is 6.20. The van der Waals surface area contributed by atoms with Crippen molar-refractivity contribution in [2.24, 2.45) is 0 Å². The van der Waals surface area contributed by atoms with Gasteiger partial charge in [0, 0.05) is 13.1 Å². The highest BCUT2D eigenvalue weighted by molar-refractivity contribution is 5.43. The van der Waals surface area contributed by atoms with Gasteiger partial charge in [-0.25, -0.2) is 5.06 Å². The Labute approximate surface area is 112 Å². The fraction of sp³-hybridized carbons (Fsp3) is 0.583. The largest absolute Gasteiger partial charge is 0.351 e. The van der Waals surface area contributed by atoms with Crippen molar-refractivity contribution in [2.45, 2.75) is 25.3 Å². The summed E-state index contributed by atoms with van der Waals surface area (Å²) in [5.41, 5.74) is 0. The monoisotopic (exact) mass is 262 g/mol. The van der Waals surface area contributed by atoms with Crippen LogP contribution in [-0.2, 0) is 4.84 Å². The van der Waals surface area contributed by atoms with Crippen LogP contribution < -0.4 is 15.7 Å². The molecule has 1 fully saturated rings.